The number of para-hydroxylation sites is 5. The molecule has 0 spiro atoms. The van der Waals surface area contributed by atoms with Crippen molar-refractivity contribution in [3.05, 3.63) is 218 Å². The van der Waals surface area contributed by atoms with E-state index in [4.69, 9.17) is 23.8 Å². The highest BCUT2D eigenvalue weighted by Crippen LogP contribution is 2.43. The number of hydrogen-bond acceptors (Lipinski definition) is 5. The van der Waals surface area contributed by atoms with Gasteiger partial charge in [-0.2, -0.15) is 0 Å². The lowest BCUT2D eigenvalue weighted by atomic mass is 9.94. The number of nitrogens with zero attached hydrogens (tertiary/aromatic N) is 4. The van der Waals surface area contributed by atoms with Gasteiger partial charge < -0.3 is 13.4 Å². The van der Waals surface area contributed by atoms with Crippen LogP contribution in [0.3, 0.4) is 0 Å². The maximum absolute atomic E-state index is 6.79. The van der Waals surface area contributed by atoms with Crippen molar-refractivity contribution in [1.82, 2.24) is 19.5 Å². The van der Waals surface area contributed by atoms with Crippen molar-refractivity contribution < 1.29 is 8.83 Å². The van der Waals surface area contributed by atoms with Gasteiger partial charge in [-0.1, -0.05) is 158 Å². The van der Waals surface area contributed by atoms with Crippen LogP contribution >= 0.6 is 0 Å². The zero-order valence-electron chi connectivity index (χ0n) is 35.9. The molecule has 0 saturated heterocycles. The molecule has 4 heterocycles. The summed E-state index contributed by atoms with van der Waals surface area (Å²) in [6.07, 6.45) is 0. The van der Waals surface area contributed by atoms with Gasteiger partial charge in [0, 0.05) is 54.7 Å². The highest BCUT2D eigenvalue weighted by Gasteiger charge is 2.21. The van der Waals surface area contributed by atoms with Crippen molar-refractivity contribution in [3.63, 3.8) is 0 Å². The van der Waals surface area contributed by atoms with Gasteiger partial charge in [0.15, 0.2) is 17.5 Å². The maximum Gasteiger partial charge on any atom is 0.167 e. The SMILES string of the molecule is c1ccc(-c2nc(-c3ccc(-c4ccc5c(c4)oc4cc(-c6cccc7c8ccccc8n(-c8ccccc8)c67)ccc45)c4ccccc34)nc(-c3cccc4c3oc3ccccc34)n2)cc1. The molecule has 4 aromatic heterocycles. The predicted molar refractivity (Wildman–Crippen MR) is 273 cm³/mol. The van der Waals surface area contributed by atoms with E-state index in [2.05, 4.69) is 162 Å². The summed E-state index contributed by atoms with van der Waals surface area (Å²) in [6.45, 7) is 0. The molecule has 0 amide bonds. The summed E-state index contributed by atoms with van der Waals surface area (Å²) in [5.41, 5.74) is 13.8. The van der Waals surface area contributed by atoms with E-state index in [1.807, 2.05) is 60.7 Å². The largest absolute Gasteiger partial charge is 0.456 e. The average molecular weight is 857 g/mol. The fourth-order valence-corrected chi connectivity index (χ4v) is 10.2. The summed E-state index contributed by atoms with van der Waals surface area (Å²) >= 11 is 0. The Balaban J connectivity index is 0.891. The van der Waals surface area contributed by atoms with Gasteiger partial charge in [-0.3, -0.25) is 0 Å². The van der Waals surface area contributed by atoms with Crippen molar-refractivity contribution in [2.24, 2.45) is 0 Å². The Kier molecular flexibility index (Phi) is 8.18. The molecule has 0 fully saturated rings. The van der Waals surface area contributed by atoms with E-state index in [1.54, 1.807) is 0 Å². The van der Waals surface area contributed by atoms with Gasteiger partial charge in [0.1, 0.15) is 22.3 Å². The van der Waals surface area contributed by atoms with Gasteiger partial charge in [-0.25, -0.2) is 15.0 Å². The Hall–Kier alpha value is -9.13. The predicted octanol–water partition coefficient (Wildman–Crippen LogP) is 16.3. The summed E-state index contributed by atoms with van der Waals surface area (Å²) in [7, 11) is 0. The third-order valence-electron chi connectivity index (χ3n) is 13.3. The van der Waals surface area contributed by atoms with Gasteiger partial charge in [-0.05, 0) is 88.1 Å². The van der Waals surface area contributed by atoms with Crippen LogP contribution in [0.25, 0.3) is 139 Å². The molecule has 14 rings (SSSR count). The van der Waals surface area contributed by atoms with Crippen molar-refractivity contribution in [2.75, 3.05) is 0 Å². The van der Waals surface area contributed by atoms with Gasteiger partial charge in [0.05, 0.1) is 16.6 Å². The first kappa shape index (κ1) is 37.3. The van der Waals surface area contributed by atoms with Crippen LogP contribution in [0, 0.1) is 0 Å². The fraction of sp³-hybridized carbons (Fsp3) is 0. The Morgan fingerprint density at radius 3 is 1.60 bits per heavy atom. The van der Waals surface area contributed by atoms with E-state index in [0.717, 1.165) is 99.3 Å². The Morgan fingerprint density at radius 1 is 0.299 bits per heavy atom. The second kappa shape index (κ2) is 14.7. The van der Waals surface area contributed by atoms with E-state index < -0.39 is 0 Å². The van der Waals surface area contributed by atoms with Gasteiger partial charge in [0.25, 0.3) is 0 Å². The Labute approximate surface area is 383 Å². The maximum atomic E-state index is 6.79. The number of aromatic nitrogens is 4. The van der Waals surface area contributed by atoms with Crippen LogP contribution in [0.4, 0.5) is 0 Å². The van der Waals surface area contributed by atoms with E-state index >= 15 is 0 Å². The van der Waals surface area contributed by atoms with E-state index in [-0.39, 0.29) is 0 Å². The molecule has 14 aromatic rings. The summed E-state index contributed by atoms with van der Waals surface area (Å²) in [4.78, 5) is 15.4. The highest BCUT2D eigenvalue weighted by molar-refractivity contribution is 6.15. The van der Waals surface area contributed by atoms with E-state index in [9.17, 15) is 0 Å². The van der Waals surface area contributed by atoms with Gasteiger partial charge >= 0.3 is 0 Å². The zero-order chi connectivity index (χ0) is 44.0. The molecule has 0 radical (unpaired) electrons. The zero-order valence-corrected chi connectivity index (χ0v) is 35.9. The van der Waals surface area contributed by atoms with E-state index in [0.29, 0.717) is 17.5 Å². The monoisotopic (exact) mass is 856 g/mol. The molecule has 6 nitrogen and oxygen atoms in total. The topological polar surface area (TPSA) is 69.9 Å². The summed E-state index contributed by atoms with van der Waals surface area (Å²) in [5, 5.41) is 8.81. The Morgan fingerprint density at radius 2 is 0.836 bits per heavy atom. The minimum atomic E-state index is 0.551. The molecule has 312 valence electrons. The minimum absolute atomic E-state index is 0.551. The molecular formula is C61H36N4O2. The molecule has 0 aliphatic rings. The smallest absolute Gasteiger partial charge is 0.167 e. The first-order valence-corrected chi connectivity index (χ1v) is 22.5. The van der Waals surface area contributed by atoms with Crippen molar-refractivity contribution in [2.45, 2.75) is 0 Å². The fourth-order valence-electron chi connectivity index (χ4n) is 10.2. The summed E-state index contributed by atoms with van der Waals surface area (Å²) in [6, 6.07) is 76.2. The lowest BCUT2D eigenvalue weighted by molar-refractivity contribution is 0.669. The summed E-state index contributed by atoms with van der Waals surface area (Å²) in [5.74, 6) is 1.73. The first-order valence-electron chi connectivity index (χ1n) is 22.5. The van der Waals surface area contributed by atoms with Crippen LogP contribution in [-0.4, -0.2) is 19.5 Å². The normalized spacial score (nSPS) is 11.9. The van der Waals surface area contributed by atoms with Crippen LogP contribution in [0.2, 0.25) is 0 Å². The Bertz CT molecular complexity index is 4280. The lowest BCUT2D eigenvalue weighted by Gasteiger charge is -2.13. The second-order valence-electron chi connectivity index (χ2n) is 17.1. The van der Waals surface area contributed by atoms with Crippen molar-refractivity contribution in [3.8, 4) is 62.1 Å². The second-order valence-corrected chi connectivity index (χ2v) is 17.1. The summed E-state index contributed by atoms with van der Waals surface area (Å²) < 4.78 is 15.6. The van der Waals surface area contributed by atoms with Crippen LogP contribution < -0.4 is 0 Å². The number of furan rings is 2. The molecular weight excluding hydrogens is 821 g/mol. The lowest BCUT2D eigenvalue weighted by Crippen LogP contribution is -2.01. The molecule has 0 saturated carbocycles. The minimum Gasteiger partial charge on any atom is -0.456 e. The molecule has 10 aromatic carbocycles. The number of fused-ring (bicyclic) bond motifs is 10. The van der Waals surface area contributed by atoms with Gasteiger partial charge in [0.2, 0.25) is 0 Å². The van der Waals surface area contributed by atoms with E-state index in [1.165, 1.54) is 21.8 Å². The van der Waals surface area contributed by atoms with Crippen molar-refractivity contribution >= 4 is 76.5 Å². The third-order valence-corrected chi connectivity index (χ3v) is 13.3. The molecule has 0 aliphatic heterocycles. The number of hydrogen-bond donors (Lipinski definition) is 0. The standard InChI is InChI=1S/C61H36N4O2/c1-3-15-37(16-4-1)59-62-60(64-61(63-59)52-26-14-25-50-46-22-10-12-28-54(46)67-58(50)52)51-34-33-41(43-19-7-8-20-44(43)51)38-29-31-47-48-32-30-39(36-56(48)66-55(47)35-38)42-23-13-24-49-45-21-9-11-27-53(45)65(57(42)49)40-17-5-2-6-18-40/h1-36H. The van der Waals surface area contributed by atoms with Gasteiger partial charge in [-0.15, -0.1) is 0 Å². The highest BCUT2D eigenvalue weighted by atomic mass is 16.3. The molecule has 0 unspecified atom stereocenters. The first-order chi connectivity index (χ1) is 33.2. The molecule has 6 heteroatoms. The van der Waals surface area contributed by atoms with Crippen molar-refractivity contribution in [1.29, 1.82) is 0 Å². The molecule has 0 bridgehead atoms. The average Bonchev–Trinajstić information content (AvgIpc) is 4.08. The quantitative estimate of drug-likeness (QED) is 0.167. The van der Waals surface area contributed by atoms with Crippen LogP contribution in [0.5, 0.6) is 0 Å². The molecule has 0 atom stereocenters. The number of rotatable bonds is 6. The number of benzene rings is 10. The van der Waals surface area contributed by atoms with Crippen LogP contribution in [0.15, 0.2) is 227 Å². The van der Waals surface area contributed by atoms with Crippen LogP contribution in [-0.2, 0) is 0 Å². The van der Waals surface area contributed by atoms with Crippen LogP contribution in [0.1, 0.15) is 0 Å². The third kappa shape index (κ3) is 5.86. The molecule has 0 aliphatic carbocycles. The molecule has 0 N–H and O–H groups in total. The molecule has 67 heavy (non-hydrogen) atoms.